The number of likely N-dealkylation sites (tertiary alicyclic amines) is 1. The first-order chi connectivity index (χ1) is 18.2. The zero-order valence-corrected chi connectivity index (χ0v) is 21.1. The van der Waals surface area contributed by atoms with Crippen LogP contribution in [-0.4, -0.2) is 47.8 Å². The van der Waals surface area contributed by atoms with Crippen LogP contribution in [-0.2, 0) is 0 Å². The third-order valence-electron chi connectivity index (χ3n) is 7.67. The molecule has 0 unspecified atom stereocenters. The average Bonchev–Trinajstić information content (AvgIpc) is 2.94. The number of amides is 1. The highest BCUT2D eigenvalue weighted by atomic mass is 16.6. The molecule has 0 spiro atoms. The number of nitrogens with one attached hydrogen (secondary N) is 1. The molecule has 1 aromatic heterocycles. The van der Waals surface area contributed by atoms with Crippen molar-refractivity contribution >= 4 is 17.0 Å². The van der Waals surface area contributed by atoms with Gasteiger partial charge in [-0.2, -0.15) is 5.26 Å². The molecule has 7 nitrogen and oxygen atoms in total. The number of benzene rings is 2. The number of nitriles is 1. The summed E-state index contributed by atoms with van der Waals surface area (Å²) in [6.07, 6.45) is 8.88. The Morgan fingerprint density at radius 1 is 0.973 bits per heavy atom. The van der Waals surface area contributed by atoms with Crippen LogP contribution in [0, 0.1) is 17.2 Å². The van der Waals surface area contributed by atoms with E-state index in [0.717, 1.165) is 69.1 Å². The summed E-state index contributed by atoms with van der Waals surface area (Å²) in [6, 6.07) is 19.3. The molecule has 2 heterocycles. The van der Waals surface area contributed by atoms with Crippen molar-refractivity contribution in [3.05, 3.63) is 66.4 Å². The topological polar surface area (TPSA) is 87.5 Å². The number of fused-ring (bicyclic) bond motifs is 1. The van der Waals surface area contributed by atoms with Crippen molar-refractivity contribution < 1.29 is 14.3 Å². The van der Waals surface area contributed by atoms with Crippen LogP contribution in [0.1, 0.15) is 50.5 Å². The molecule has 1 amide bonds. The summed E-state index contributed by atoms with van der Waals surface area (Å²) >= 11 is 0. The lowest BCUT2D eigenvalue weighted by Crippen LogP contribution is -2.41. The Balaban J connectivity index is 0.997. The Hall–Kier alpha value is -3.63. The molecule has 1 aliphatic heterocycles. The predicted molar refractivity (Wildman–Crippen MR) is 143 cm³/mol. The van der Waals surface area contributed by atoms with E-state index < -0.39 is 0 Å². The largest absolute Gasteiger partial charge is 0.489 e. The molecule has 2 fully saturated rings. The summed E-state index contributed by atoms with van der Waals surface area (Å²) in [5.74, 6) is 1.95. The maximum atomic E-state index is 12.5. The van der Waals surface area contributed by atoms with E-state index >= 15 is 0 Å². The van der Waals surface area contributed by atoms with Crippen LogP contribution in [0.3, 0.4) is 0 Å². The zero-order valence-electron chi connectivity index (χ0n) is 21.1. The summed E-state index contributed by atoms with van der Waals surface area (Å²) in [7, 11) is 0. The van der Waals surface area contributed by atoms with Crippen LogP contribution in [0.25, 0.3) is 10.9 Å². The van der Waals surface area contributed by atoms with Crippen LogP contribution in [0.4, 0.5) is 4.79 Å². The number of aromatic nitrogens is 1. The second kappa shape index (κ2) is 12.1. The maximum Gasteiger partial charge on any atom is 0.412 e. The molecule has 0 radical (unpaired) electrons. The molecule has 1 saturated carbocycles. The number of hydrogen-bond donors (Lipinski definition) is 1. The minimum Gasteiger partial charge on any atom is -0.489 e. The van der Waals surface area contributed by atoms with Crippen molar-refractivity contribution in [2.75, 3.05) is 19.6 Å². The van der Waals surface area contributed by atoms with Crippen LogP contribution in [0.2, 0.25) is 0 Å². The summed E-state index contributed by atoms with van der Waals surface area (Å²) < 4.78 is 11.7. The van der Waals surface area contributed by atoms with Gasteiger partial charge in [0.25, 0.3) is 0 Å². The van der Waals surface area contributed by atoms with Crippen LogP contribution >= 0.6 is 0 Å². The number of nitrogens with zero attached hydrogens (tertiary/aromatic N) is 3. The molecule has 192 valence electrons. The Morgan fingerprint density at radius 2 is 1.73 bits per heavy atom. The Morgan fingerprint density at radius 3 is 2.54 bits per heavy atom. The van der Waals surface area contributed by atoms with Crippen molar-refractivity contribution in [1.29, 1.82) is 5.26 Å². The van der Waals surface area contributed by atoms with E-state index in [1.54, 1.807) is 18.3 Å². The van der Waals surface area contributed by atoms with Crippen molar-refractivity contribution in [2.45, 2.75) is 57.1 Å². The fourth-order valence-electron chi connectivity index (χ4n) is 5.51. The minimum atomic E-state index is -0.387. The second-order valence-corrected chi connectivity index (χ2v) is 10.1. The van der Waals surface area contributed by atoms with E-state index in [2.05, 4.69) is 21.3 Å². The van der Waals surface area contributed by atoms with Crippen LogP contribution < -0.4 is 14.8 Å². The van der Waals surface area contributed by atoms with Crippen molar-refractivity contribution in [1.82, 2.24) is 15.2 Å². The first kappa shape index (κ1) is 25.0. The fourth-order valence-corrected chi connectivity index (χ4v) is 5.51. The maximum absolute atomic E-state index is 12.5. The van der Waals surface area contributed by atoms with E-state index in [1.807, 2.05) is 42.5 Å². The number of piperidine rings is 1. The molecular weight excluding hydrogens is 464 g/mol. The van der Waals surface area contributed by atoms with Gasteiger partial charge in [0.15, 0.2) is 0 Å². The van der Waals surface area contributed by atoms with E-state index in [9.17, 15) is 10.1 Å². The van der Waals surface area contributed by atoms with Crippen molar-refractivity contribution in [2.24, 2.45) is 5.92 Å². The van der Waals surface area contributed by atoms with Gasteiger partial charge in [-0.3, -0.25) is 4.98 Å². The third kappa shape index (κ3) is 6.58. The number of hydrogen-bond acceptors (Lipinski definition) is 6. The van der Waals surface area contributed by atoms with Gasteiger partial charge < -0.3 is 19.7 Å². The van der Waals surface area contributed by atoms with Gasteiger partial charge in [0.05, 0.1) is 11.1 Å². The molecule has 7 heteroatoms. The van der Waals surface area contributed by atoms with Crippen LogP contribution in [0.15, 0.2) is 60.8 Å². The summed E-state index contributed by atoms with van der Waals surface area (Å²) in [4.78, 5) is 19.4. The van der Waals surface area contributed by atoms with Crippen LogP contribution in [0.5, 0.6) is 11.5 Å². The van der Waals surface area contributed by atoms with Gasteiger partial charge >= 0.3 is 6.09 Å². The highest BCUT2D eigenvalue weighted by Crippen LogP contribution is 2.29. The molecule has 1 N–H and O–H groups in total. The number of ether oxygens (including phenoxy) is 2. The smallest absolute Gasteiger partial charge is 0.412 e. The van der Waals surface area contributed by atoms with Gasteiger partial charge in [-0.05, 0) is 87.7 Å². The molecule has 5 rings (SSSR count). The van der Waals surface area contributed by atoms with Gasteiger partial charge in [-0.25, -0.2) is 4.79 Å². The zero-order chi connectivity index (χ0) is 25.5. The highest BCUT2D eigenvalue weighted by Gasteiger charge is 2.25. The minimum absolute atomic E-state index is 0.168. The lowest BCUT2D eigenvalue weighted by molar-refractivity contribution is 0.0947. The average molecular weight is 499 g/mol. The van der Waals surface area contributed by atoms with Gasteiger partial charge in [-0.15, -0.1) is 0 Å². The van der Waals surface area contributed by atoms with E-state index in [-0.39, 0.29) is 18.2 Å². The van der Waals surface area contributed by atoms with Crippen molar-refractivity contribution in [3.8, 4) is 17.6 Å². The second-order valence-electron chi connectivity index (χ2n) is 10.1. The monoisotopic (exact) mass is 498 g/mol. The molecule has 1 aliphatic carbocycles. The third-order valence-corrected chi connectivity index (χ3v) is 7.67. The quantitative estimate of drug-likeness (QED) is 0.450. The highest BCUT2D eigenvalue weighted by molar-refractivity contribution is 5.87. The molecular formula is C30H34N4O3. The van der Waals surface area contributed by atoms with E-state index in [1.165, 1.54) is 6.42 Å². The number of rotatable bonds is 7. The van der Waals surface area contributed by atoms with E-state index in [0.29, 0.717) is 23.0 Å². The molecule has 0 atom stereocenters. The Kier molecular flexibility index (Phi) is 8.17. The van der Waals surface area contributed by atoms with Crippen molar-refractivity contribution in [3.63, 3.8) is 0 Å². The standard InChI is InChI=1S/C30H34N4O3/c31-21-23-5-1-4-8-28(23)36-25-15-19-34(20-16-25)18-14-22-9-11-24(12-10-22)33-30(35)37-29-13-17-32-27-7-3-2-6-26(27)29/h1-8,13,17,22,24-25H,9-12,14-16,18-20H2,(H,33,35). The molecule has 1 saturated heterocycles. The Labute approximate surface area is 218 Å². The fraction of sp³-hybridized carbons (Fsp3) is 0.433. The van der Waals surface area contributed by atoms with Gasteiger partial charge in [0.2, 0.25) is 0 Å². The number of carbonyl (C=O) groups excluding carboxylic acids is 1. The van der Waals surface area contributed by atoms with Gasteiger partial charge in [0, 0.05) is 30.7 Å². The number of pyridine rings is 1. The molecule has 2 aromatic carbocycles. The summed E-state index contributed by atoms with van der Waals surface area (Å²) in [5.41, 5.74) is 1.42. The molecule has 0 bridgehead atoms. The van der Waals surface area contributed by atoms with E-state index in [4.69, 9.17) is 9.47 Å². The molecule has 37 heavy (non-hydrogen) atoms. The first-order valence-electron chi connectivity index (χ1n) is 13.4. The van der Waals surface area contributed by atoms with Gasteiger partial charge in [-0.1, -0.05) is 24.3 Å². The first-order valence-corrected chi connectivity index (χ1v) is 13.4. The Bertz CT molecular complexity index is 1240. The summed E-state index contributed by atoms with van der Waals surface area (Å²) in [5, 5.41) is 13.2. The lowest BCUT2D eigenvalue weighted by atomic mass is 9.84. The summed E-state index contributed by atoms with van der Waals surface area (Å²) in [6.45, 7) is 3.18. The molecule has 2 aliphatic rings. The lowest BCUT2D eigenvalue weighted by Gasteiger charge is -2.34. The van der Waals surface area contributed by atoms with Gasteiger partial charge in [0.1, 0.15) is 23.7 Å². The molecule has 3 aromatic rings. The normalized spacial score (nSPS) is 20.7. The SMILES string of the molecule is N#Cc1ccccc1OC1CCN(CCC2CCC(NC(=O)Oc3ccnc4ccccc34)CC2)CC1. The predicted octanol–water partition coefficient (Wildman–Crippen LogP) is 5.69. The number of carbonyl (C=O) groups is 1. The number of para-hydroxylation sites is 2.